The third kappa shape index (κ3) is 5.09. The number of hydrogen-bond acceptors (Lipinski definition) is 3. The second kappa shape index (κ2) is 9.50. The Labute approximate surface area is 189 Å². The van der Waals surface area contributed by atoms with Gasteiger partial charge in [0.2, 0.25) is 0 Å². The standard InChI is InChI=1S/C26H23F3N2O2/c1-33-25(32)24(30-16-18-10-7-11-19(14-18)26(27,28)29)23-20-12-5-6-13-21(20)31-22(23)15-17-8-3-2-4-9-17/h2-14,24,30-31H,15-16H2,1H3. The molecule has 0 spiro atoms. The van der Waals surface area contributed by atoms with Gasteiger partial charge in [-0.05, 0) is 23.3 Å². The fraction of sp³-hybridized carbons (Fsp3) is 0.192. The Balaban J connectivity index is 1.71. The summed E-state index contributed by atoms with van der Waals surface area (Å²) in [6.45, 7) is 0.0635. The van der Waals surface area contributed by atoms with Crippen molar-refractivity contribution < 1.29 is 22.7 Å². The number of methoxy groups -OCH3 is 1. The number of H-pyrrole nitrogens is 1. The summed E-state index contributed by atoms with van der Waals surface area (Å²) in [4.78, 5) is 16.2. The van der Waals surface area contributed by atoms with Crippen molar-refractivity contribution >= 4 is 16.9 Å². The molecule has 3 aromatic carbocycles. The summed E-state index contributed by atoms with van der Waals surface area (Å²) in [7, 11) is 1.30. The number of carbonyl (C=O) groups is 1. The van der Waals surface area contributed by atoms with E-state index in [2.05, 4.69) is 10.3 Å². The van der Waals surface area contributed by atoms with E-state index in [1.54, 1.807) is 6.07 Å². The number of rotatable bonds is 7. The minimum absolute atomic E-state index is 0.0635. The highest BCUT2D eigenvalue weighted by Crippen LogP contribution is 2.32. The molecule has 0 saturated heterocycles. The van der Waals surface area contributed by atoms with Crippen LogP contribution >= 0.6 is 0 Å². The first-order valence-electron chi connectivity index (χ1n) is 10.5. The van der Waals surface area contributed by atoms with Gasteiger partial charge < -0.3 is 9.72 Å². The van der Waals surface area contributed by atoms with Crippen molar-refractivity contribution in [3.05, 3.63) is 107 Å². The zero-order chi connectivity index (χ0) is 23.4. The van der Waals surface area contributed by atoms with Gasteiger partial charge in [0.1, 0.15) is 6.04 Å². The van der Waals surface area contributed by atoms with E-state index in [0.717, 1.165) is 39.9 Å². The van der Waals surface area contributed by atoms with Crippen LogP contribution in [0, 0.1) is 0 Å². The molecule has 2 N–H and O–H groups in total. The number of alkyl halides is 3. The molecule has 1 heterocycles. The van der Waals surface area contributed by atoms with Gasteiger partial charge in [-0.3, -0.25) is 5.32 Å². The van der Waals surface area contributed by atoms with Gasteiger partial charge in [0, 0.05) is 35.1 Å². The molecule has 0 aliphatic rings. The molecule has 0 radical (unpaired) electrons. The van der Waals surface area contributed by atoms with E-state index in [9.17, 15) is 18.0 Å². The maximum Gasteiger partial charge on any atom is 0.416 e. The fourth-order valence-electron chi connectivity index (χ4n) is 3.99. The zero-order valence-electron chi connectivity index (χ0n) is 17.9. The topological polar surface area (TPSA) is 54.1 Å². The number of halogens is 3. The van der Waals surface area contributed by atoms with Gasteiger partial charge in [-0.15, -0.1) is 0 Å². The summed E-state index contributed by atoms with van der Waals surface area (Å²) in [5, 5.41) is 3.98. The molecule has 0 saturated carbocycles. The maximum absolute atomic E-state index is 13.1. The van der Waals surface area contributed by atoms with Gasteiger partial charge in [-0.2, -0.15) is 13.2 Å². The van der Waals surface area contributed by atoms with E-state index in [0.29, 0.717) is 12.0 Å². The first kappa shape index (κ1) is 22.6. The van der Waals surface area contributed by atoms with Crippen molar-refractivity contribution in [3.63, 3.8) is 0 Å². The molecule has 4 aromatic rings. The van der Waals surface area contributed by atoms with Crippen molar-refractivity contribution in [1.29, 1.82) is 0 Å². The molecule has 0 bridgehead atoms. The number of fused-ring (bicyclic) bond motifs is 1. The lowest BCUT2D eigenvalue weighted by Gasteiger charge is -2.19. The second-order valence-corrected chi connectivity index (χ2v) is 7.76. The van der Waals surface area contributed by atoms with Crippen LogP contribution in [0.3, 0.4) is 0 Å². The van der Waals surface area contributed by atoms with Gasteiger partial charge in [-0.25, -0.2) is 4.79 Å². The molecule has 170 valence electrons. The van der Waals surface area contributed by atoms with Gasteiger partial charge in [0.25, 0.3) is 0 Å². The van der Waals surface area contributed by atoms with Crippen LogP contribution < -0.4 is 5.32 Å². The van der Waals surface area contributed by atoms with Gasteiger partial charge in [0.05, 0.1) is 12.7 Å². The van der Waals surface area contributed by atoms with Crippen LogP contribution in [0.2, 0.25) is 0 Å². The van der Waals surface area contributed by atoms with Gasteiger partial charge in [-0.1, -0.05) is 66.7 Å². The molecule has 1 aromatic heterocycles. The van der Waals surface area contributed by atoms with Crippen LogP contribution in [0.5, 0.6) is 0 Å². The monoisotopic (exact) mass is 452 g/mol. The number of nitrogens with one attached hydrogen (secondary N) is 2. The quantitative estimate of drug-likeness (QED) is 0.350. The number of ether oxygens (including phenoxy) is 1. The largest absolute Gasteiger partial charge is 0.468 e. The van der Waals surface area contributed by atoms with Crippen molar-refractivity contribution in [2.45, 2.75) is 25.2 Å². The highest BCUT2D eigenvalue weighted by atomic mass is 19.4. The van der Waals surface area contributed by atoms with Gasteiger partial charge >= 0.3 is 12.1 Å². The third-order valence-corrected chi connectivity index (χ3v) is 5.54. The number of hydrogen-bond donors (Lipinski definition) is 2. The summed E-state index contributed by atoms with van der Waals surface area (Å²) in [6, 6.07) is 21.6. The summed E-state index contributed by atoms with van der Waals surface area (Å²) in [6.07, 6.45) is -3.87. The van der Waals surface area contributed by atoms with E-state index >= 15 is 0 Å². The van der Waals surface area contributed by atoms with Crippen LogP contribution in [0.25, 0.3) is 10.9 Å². The second-order valence-electron chi connectivity index (χ2n) is 7.76. The molecule has 0 fully saturated rings. The van der Waals surface area contributed by atoms with Crippen LogP contribution in [-0.2, 0) is 28.7 Å². The number of aromatic amines is 1. The van der Waals surface area contributed by atoms with E-state index in [-0.39, 0.29) is 6.54 Å². The molecular weight excluding hydrogens is 429 g/mol. The number of benzene rings is 3. The molecule has 1 unspecified atom stereocenters. The summed E-state index contributed by atoms with van der Waals surface area (Å²) >= 11 is 0. The van der Waals surface area contributed by atoms with E-state index < -0.39 is 23.8 Å². The third-order valence-electron chi connectivity index (χ3n) is 5.54. The minimum atomic E-state index is -4.43. The Morgan fingerprint density at radius 1 is 0.970 bits per heavy atom. The smallest absolute Gasteiger partial charge is 0.416 e. The molecule has 0 aliphatic heterocycles. The van der Waals surface area contributed by atoms with Crippen molar-refractivity contribution in [2.75, 3.05) is 7.11 Å². The fourth-order valence-corrected chi connectivity index (χ4v) is 3.99. The Morgan fingerprint density at radius 3 is 2.39 bits per heavy atom. The lowest BCUT2D eigenvalue weighted by Crippen LogP contribution is -2.30. The molecule has 4 rings (SSSR count). The summed E-state index contributed by atoms with van der Waals surface area (Å²) < 4.78 is 44.4. The van der Waals surface area contributed by atoms with E-state index in [4.69, 9.17) is 4.74 Å². The van der Waals surface area contributed by atoms with Crippen LogP contribution in [0.1, 0.15) is 34.0 Å². The summed E-state index contributed by atoms with van der Waals surface area (Å²) in [5.41, 5.74) is 3.19. The first-order chi connectivity index (χ1) is 15.9. The number of carbonyl (C=O) groups excluding carboxylic acids is 1. The number of para-hydroxylation sites is 1. The van der Waals surface area contributed by atoms with Crippen molar-refractivity contribution in [2.24, 2.45) is 0 Å². The highest BCUT2D eigenvalue weighted by molar-refractivity contribution is 5.91. The molecule has 1 atom stereocenters. The predicted octanol–water partition coefficient (Wildman–Crippen LogP) is 5.78. The van der Waals surface area contributed by atoms with E-state index in [1.807, 2.05) is 54.6 Å². The van der Waals surface area contributed by atoms with Crippen molar-refractivity contribution in [1.82, 2.24) is 10.3 Å². The average Bonchev–Trinajstić information content (AvgIpc) is 3.17. The average molecular weight is 452 g/mol. The van der Waals surface area contributed by atoms with Crippen molar-refractivity contribution in [3.8, 4) is 0 Å². The van der Waals surface area contributed by atoms with Crippen LogP contribution in [-0.4, -0.2) is 18.1 Å². The Hall–Kier alpha value is -3.58. The molecule has 0 aliphatic carbocycles. The normalized spacial score (nSPS) is 12.6. The highest BCUT2D eigenvalue weighted by Gasteiger charge is 2.31. The van der Waals surface area contributed by atoms with Crippen LogP contribution in [0.4, 0.5) is 13.2 Å². The minimum Gasteiger partial charge on any atom is -0.468 e. The SMILES string of the molecule is COC(=O)C(NCc1cccc(C(F)(F)F)c1)c1c(Cc2ccccc2)[nH]c2ccccc12. The van der Waals surface area contributed by atoms with Gasteiger partial charge in [0.15, 0.2) is 0 Å². The lowest BCUT2D eigenvalue weighted by atomic mass is 9.98. The molecule has 7 heteroatoms. The predicted molar refractivity (Wildman–Crippen MR) is 121 cm³/mol. The lowest BCUT2D eigenvalue weighted by molar-refractivity contribution is -0.143. The Kier molecular flexibility index (Phi) is 6.51. The molecule has 33 heavy (non-hydrogen) atoms. The molecular formula is C26H23F3N2O2. The zero-order valence-corrected chi connectivity index (χ0v) is 17.9. The van der Waals surface area contributed by atoms with Crippen LogP contribution in [0.15, 0.2) is 78.9 Å². The maximum atomic E-state index is 13.1. The number of esters is 1. The van der Waals surface area contributed by atoms with E-state index in [1.165, 1.54) is 13.2 Å². The Morgan fingerprint density at radius 2 is 1.67 bits per heavy atom. The summed E-state index contributed by atoms with van der Waals surface area (Å²) in [5.74, 6) is -0.513. The number of aromatic nitrogens is 1. The molecule has 0 amide bonds. The molecule has 4 nitrogen and oxygen atoms in total. The Bertz CT molecular complexity index is 1250. The first-order valence-corrected chi connectivity index (χ1v) is 10.5.